The lowest BCUT2D eigenvalue weighted by molar-refractivity contribution is 0.984. The summed E-state index contributed by atoms with van der Waals surface area (Å²) in [6.07, 6.45) is 1.86. The minimum absolute atomic E-state index is 0.363. The minimum atomic E-state index is 0.363. The van der Waals surface area contributed by atoms with Gasteiger partial charge in [0.1, 0.15) is 17.7 Å². The number of aromatic nitrogens is 2. The minimum Gasteiger partial charge on any atom is -0.383 e. The van der Waals surface area contributed by atoms with Gasteiger partial charge in [-0.2, -0.15) is 5.26 Å². The van der Waals surface area contributed by atoms with Crippen molar-refractivity contribution in [2.75, 3.05) is 17.3 Å². The van der Waals surface area contributed by atoms with Crippen LogP contribution in [0.1, 0.15) is 5.56 Å². The second-order valence-electron chi connectivity index (χ2n) is 3.59. The smallest absolute Gasteiger partial charge is 0.191 e. The highest BCUT2D eigenvalue weighted by Crippen LogP contribution is 2.25. The monoisotopic (exact) mass is 291 g/mol. The predicted octanol–water partition coefficient (Wildman–Crippen LogP) is 3.05. The largest absolute Gasteiger partial charge is 0.383 e. The molecule has 0 unspecified atom stereocenters. The zero-order valence-electron chi connectivity index (χ0n) is 10.0. The molecule has 0 aliphatic carbocycles. The lowest BCUT2D eigenvalue weighted by atomic mass is 10.2. The van der Waals surface area contributed by atoms with Crippen molar-refractivity contribution in [3.8, 4) is 6.07 Å². The number of nitriles is 1. The standard InChI is InChI=1S/C12H10ClN5S/c1-19-12-17-10(15)5-11(18-12)16-9-4-8(13)3-2-7(9)6-14/h2-5H,1H3,(H3,15,16,17,18). The third-order valence-electron chi connectivity index (χ3n) is 2.27. The van der Waals surface area contributed by atoms with Crippen LogP contribution in [0, 0.1) is 11.3 Å². The average Bonchev–Trinajstić information content (AvgIpc) is 2.38. The van der Waals surface area contributed by atoms with Crippen molar-refractivity contribution in [1.82, 2.24) is 9.97 Å². The van der Waals surface area contributed by atoms with Crippen LogP contribution in [0.4, 0.5) is 17.3 Å². The van der Waals surface area contributed by atoms with E-state index in [0.29, 0.717) is 33.1 Å². The molecule has 0 amide bonds. The van der Waals surface area contributed by atoms with Crippen molar-refractivity contribution in [3.05, 3.63) is 34.9 Å². The average molecular weight is 292 g/mol. The molecule has 0 saturated carbocycles. The molecule has 0 radical (unpaired) electrons. The molecule has 0 bridgehead atoms. The molecule has 5 nitrogen and oxygen atoms in total. The Morgan fingerprint density at radius 1 is 1.37 bits per heavy atom. The van der Waals surface area contributed by atoms with Crippen LogP contribution in [0.15, 0.2) is 29.4 Å². The summed E-state index contributed by atoms with van der Waals surface area (Å²) in [6, 6.07) is 8.65. The van der Waals surface area contributed by atoms with E-state index in [2.05, 4.69) is 21.4 Å². The molecule has 2 aromatic rings. The van der Waals surface area contributed by atoms with Gasteiger partial charge in [-0.3, -0.25) is 0 Å². The summed E-state index contributed by atoms with van der Waals surface area (Å²) in [4.78, 5) is 8.31. The van der Waals surface area contributed by atoms with Crippen molar-refractivity contribution in [1.29, 1.82) is 5.26 Å². The van der Waals surface area contributed by atoms with Gasteiger partial charge in [-0.15, -0.1) is 0 Å². The fourth-order valence-corrected chi connectivity index (χ4v) is 2.01. The van der Waals surface area contributed by atoms with Crippen LogP contribution in [-0.2, 0) is 0 Å². The first-order valence-corrected chi connectivity index (χ1v) is 6.88. The number of hydrogen-bond donors (Lipinski definition) is 2. The molecule has 0 aliphatic heterocycles. The fourth-order valence-electron chi connectivity index (χ4n) is 1.45. The van der Waals surface area contributed by atoms with Gasteiger partial charge in [0.15, 0.2) is 5.16 Å². The first kappa shape index (κ1) is 13.5. The molecule has 2 rings (SSSR count). The Balaban J connectivity index is 2.38. The summed E-state index contributed by atoms with van der Waals surface area (Å²) in [6.45, 7) is 0. The SMILES string of the molecule is CSc1nc(N)cc(Nc2cc(Cl)ccc2C#N)n1. The van der Waals surface area contributed by atoms with Gasteiger partial charge in [-0.25, -0.2) is 9.97 Å². The second kappa shape index (κ2) is 5.78. The zero-order valence-corrected chi connectivity index (χ0v) is 11.6. The number of benzene rings is 1. The highest BCUT2D eigenvalue weighted by molar-refractivity contribution is 7.98. The van der Waals surface area contributed by atoms with E-state index in [9.17, 15) is 0 Å². The van der Waals surface area contributed by atoms with E-state index in [1.807, 2.05) is 6.26 Å². The van der Waals surface area contributed by atoms with Crippen LogP contribution in [-0.4, -0.2) is 16.2 Å². The van der Waals surface area contributed by atoms with E-state index < -0.39 is 0 Å². The van der Waals surface area contributed by atoms with E-state index in [0.717, 1.165) is 0 Å². The molecule has 1 aromatic heterocycles. The van der Waals surface area contributed by atoms with Gasteiger partial charge in [0, 0.05) is 11.1 Å². The summed E-state index contributed by atoms with van der Waals surface area (Å²) in [5.74, 6) is 0.887. The molecule has 0 saturated heterocycles. The molecular formula is C12H10ClN5S. The van der Waals surface area contributed by atoms with Crippen molar-refractivity contribution < 1.29 is 0 Å². The highest BCUT2D eigenvalue weighted by atomic mass is 35.5. The maximum atomic E-state index is 9.05. The fraction of sp³-hybridized carbons (Fsp3) is 0.0833. The molecule has 0 spiro atoms. The van der Waals surface area contributed by atoms with Gasteiger partial charge in [0.05, 0.1) is 11.3 Å². The molecule has 19 heavy (non-hydrogen) atoms. The molecular weight excluding hydrogens is 282 g/mol. The number of hydrogen-bond acceptors (Lipinski definition) is 6. The number of nitrogens with one attached hydrogen (secondary N) is 1. The molecule has 1 heterocycles. The van der Waals surface area contributed by atoms with Crippen LogP contribution in [0.3, 0.4) is 0 Å². The predicted molar refractivity (Wildman–Crippen MR) is 77.7 cm³/mol. The van der Waals surface area contributed by atoms with E-state index in [-0.39, 0.29) is 0 Å². The third-order valence-corrected chi connectivity index (χ3v) is 3.06. The van der Waals surface area contributed by atoms with Crippen LogP contribution >= 0.6 is 23.4 Å². The molecule has 0 fully saturated rings. The highest BCUT2D eigenvalue weighted by Gasteiger charge is 2.06. The van der Waals surface area contributed by atoms with Crippen LogP contribution in [0.2, 0.25) is 5.02 Å². The van der Waals surface area contributed by atoms with Gasteiger partial charge in [0.25, 0.3) is 0 Å². The van der Waals surface area contributed by atoms with Gasteiger partial charge in [-0.1, -0.05) is 23.4 Å². The molecule has 0 atom stereocenters. The van der Waals surface area contributed by atoms with Crippen molar-refractivity contribution in [2.45, 2.75) is 5.16 Å². The van der Waals surface area contributed by atoms with E-state index in [1.54, 1.807) is 24.3 Å². The Labute approximate surface area is 119 Å². The lowest BCUT2D eigenvalue weighted by Crippen LogP contribution is -2.01. The number of anilines is 3. The van der Waals surface area contributed by atoms with Crippen LogP contribution in [0.25, 0.3) is 0 Å². The first-order valence-electron chi connectivity index (χ1n) is 5.27. The Morgan fingerprint density at radius 3 is 2.84 bits per heavy atom. The molecule has 0 aliphatic rings. The number of rotatable bonds is 3. The number of halogens is 1. The van der Waals surface area contributed by atoms with Crippen molar-refractivity contribution >= 4 is 40.7 Å². The Bertz CT molecular complexity index is 653. The number of nitrogens with zero attached hydrogens (tertiary/aromatic N) is 3. The third kappa shape index (κ3) is 3.28. The van der Waals surface area contributed by atoms with Crippen LogP contribution in [0.5, 0.6) is 0 Å². The molecule has 7 heteroatoms. The Kier molecular flexibility index (Phi) is 4.10. The van der Waals surface area contributed by atoms with E-state index >= 15 is 0 Å². The van der Waals surface area contributed by atoms with E-state index in [4.69, 9.17) is 22.6 Å². The van der Waals surface area contributed by atoms with Crippen molar-refractivity contribution in [2.24, 2.45) is 0 Å². The normalized spacial score (nSPS) is 9.95. The summed E-state index contributed by atoms with van der Waals surface area (Å²) >= 11 is 7.31. The topological polar surface area (TPSA) is 87.6 Å². The lowest BCUT2D eigenvalue weighted by Gasteiger charge is -2.09. The number of nitrogens with two attached hydrogens (primary N) is 1. The maximum absolute atomic E-state index is 9.05. The van der Waals surface area contributed by atoms with E-state index in [1.165, 1.54) is 11.8 Å². The summed E-state index contributed by atoms with van der Waals surface area (Å²) in [7, 11) is 0. The first-order chi connectivity index (χ1) is 9.12. The van der Waals surface area contributed by atoms with Crippen molar-refractivity contribution in [3.63, 3.8) is 0 Å². The molecule has 1 aromatic carbocycles. The Morgan fingerprint density at radius 2 is 2.16 bits per heavy atom. The maximum Gasteiger partial charge on any atom is 0.191 e. The number of thioether (sulfide) groups is 1. The summed E-state index contributed by atoms with van der Waals surface area (Å²) in [5, 5.41) is 13.2. The quantitative estimate of drug-likeness (QED) is 0.667. The second-order valence-corrected chi connectivity index (χ2v) is 4.80. The van der Waals surface area contributed by atoms with Gasteiger partial charge < -0.3 is 11.1 Å². The molecule has 96 valence electrons. The van der Waals surface area contributed by atoms with Crippen LogP contribution < -0.4 is 11.1 Å². The molecule has 3 N–H and O–H groups in total. The van der Waals surface area contributed by atoms with Gasteiger partial charge >= 0.3 is 0 Å². The number of nitrogen functional groups attached to an aromatic ring is 1. The summed E-state index contributed by atoms with van der Waals surface area (Å²) < 4.78 is 0. The Hall–Kier alpha value is -1.97. The van der Waals surface area contributed by atoms with Gasteiger partial charge in [0.2, 0.25) is 0 Å². The van der Waals surface area contributed by atoms with Gasteiger partial charge in [-0.05, 0) is 24.5 Å². The summed E-state index contributed by atoms with van der Waals surface area (Å²) in [5.41, 5.74) is 6.76. The zero-order chi connectivity index (χ0) is 13.8.